The van der Waals surface area contributed by atoms with Gasteiger partial charge in [-0.05, 0) is 24.5 Å². The van der Waals surface area contributed by atoms with Crippen molar-refractivity contribution in [3.05, 3.63) is 46.7 Å². The molecule has 0 spiro atoms. The lowest BCUT2D eigenvalue weighted by Crippen LogP contribution is -2.53. The summed E-state index contributed by atoms with van der Waals surface area (Å²) >= 11 is 1.44. The molecule has 4 rings (SSSR count). The van der Waals surface area contributed by atoms with Crippen molar-refractivity contribution in [3.8, 4) is 0 Å². The number of amides is 1. The van der Waals surface area contributed by atoms with Crippen molar-refractivity contribution in [2.24, 2.45) is 0 Å². The Balaban J connectivity index is 1.42. The maximum Gasteiger partial charge on any atom is 0.273 e. The Kier molecular flexibility index (Phi) is 4.55. The molecular formula is C17H19N3O3S. The molecule has 0 aromatic carbocycles. The van der Waals surface area contributed by atoms with E-state index < -0.39 is 0 Å². The van der Waals surface area contributed by atoms with Crippen LogP contribution >= 0.6 is 11.3 Å². The van der Waals surface area contributed by atoms with Crippen LogP contribution < -0.4 is 0 Å². The van der Waals surface area contributed by atoms with Crippen molar-refractivity contribution in [3.63, 3.8) is 0 Å². The summed E-state index contributed by atoms with van der Waals surface area (Å²) in [7, 11) is 0. The molecule has 1 aliphatic carbocycles. The van der Waals surface area contributed by atoms with E-state index in [9.17, 15) is 4.79 Å². The highest BCUT2D eigenvalue weighted by Gasteiger charge is 2.45. The summed E-state index contributed by atoms with van der Waals surface area (Å²) in [6.07, 6.45) is 5.32. The van der Waals surface area contributed by atoms with E-state index in [0.717, 1.165) is 18.4 Å². The Hall–Kier alpha value is -1.83. The molecule has 3 heterocycles. The van der Waals surface area contributed by atoms with Gasteiger partial charge in [-0.1, -0.05) is 6.07 Å². The molecule has 2 aliphatic rings. The Morgan fingerprint density at radius 3 is 3.21 bits per heavy atom. The van der Waals surface area contributed by atoms with Gasteiger partial charge in [0.2, 0.25) is 0 Å². The number of rotatable bonds is 4. The number of ether oxygens (including phenoxy) is 2. The number of fused-ring (bicyclic) bond motifs is 1. The van der Waals surface area contributed by atoms with Gasteiger partial charge in [-0.2, -0.15) is 0 Å². The standard InChI is InChI=1S/C17H19N3O3S/c21-17(13-10-24-11-19-13)20-6-7-22-16-14(20)3-4-15(16)23-9-12-2-1-5-18-8-12/h1-2,5,8,10-11,14-16H,3-4,6-7,9H2/t14-,15-,16+/m0/s1. The number of aromatic nitrogens is 2. The highest BCUT2D eigenvalue weighted by molar-refractivity contribution is 7.07. The molecule has 0 unspecified atom stereocenters. The van der Waals surface area contributed by atoms with E-state index in [2.05, 4.69) is 9.97 Å². The number of thiazole rings is 1. The Bertz CT molecular complexity index is 680. The SMILES string of the molecule is O=C(c1cscn1)N1CCO[C@H]2[C@@H](OCc3cccnc3)CC[C@@H]21. The number of nitrogens with zero attached hydrogens (tertiary/aromatic N) is 3. The van der Waals surface area contributed by atoms with Crippen LogP contribution in [-0.4, -0.2) is 52.2 Å². The Morgan fingerprint density at radius 2 is 2.42 bits per heavy atom. The van der Waals surface area contributed by atoms with Gasteiger partial charge in [0, 0.05) is 24.3 Å². The zero-order chi connectivity index (χ0) is 16.4. The van der Waals surface area contributed by atoms with Crippen molar-refractivity contribution in [2.75, 3.05) is 13.2 Å². The molecule has 7 heteroatoms. The summed E-state index contributed by atoms with van der Waals surface area (Å²) in [6, 6.07) is 3.98. The van der Waals surface area contributed by atoms with Crippen LogP contribution in [0.3, 0.4) is 0 Å². The molecular weight excluding hydrogens is 326 g/mol. The van der Waals surface area contributed by atoms with E-state index in [4.69, 9.17) is 9.47 Å². The van der Waals surface area contributed by atoms with E-state index in [-0.39, 0.29) is 24.2 Å². The molecule has 1 saturated heterocycles. The lowest BCUT2D eigenvalue weighted by Gasteiger charge is -2.38. The van der Waals surface area contributed by atoms with Gasteiger partial charge in [0.25, 0.3) is 5.91 Å². The zero-order valence-electron chi connectivity index (χ0n) is 13.2. The van der Waals surface area contributed by atoms with E-state index >= 15 is 0 Å². The van der Waals surface area contributed by atoms with Gasteiger partial charge in [-0.15, -0.1) is 11.3 Å². The number of morpholine rings is 1. The van der Waals surface area contributed by atoms with Crippen molar-refractivity contribution in [1.29, 1.82) is 0 Å². The predicted octanol–water partition coefficient (Wildman–Crippen LogP) is 2.13. The van der Waals surface area contributed by atoms with Crippen LogP contribution in [0.5, 0.6) is 0 Å². The number of carbonyl (C=O) groups is 1. The number of hydrogen-bond donors (Lipinski definition) is 0. The topological polar surface area (TPSA) is 64.6 Å². The first kappa shape index (κ1) is 15.7. The highest BCUT2D eigenvalue weighted by Crippen LogP contribution is 2.33. The van der Waals surface area contributed by atoms with Crippen molar-refractivity contribution in [1.82, 2.24) is 14.9 Å². The number of pyridine rings is 1. The van der Waals surface area contributed by atoms with E-state index in [1.165, 1.54) is 11.3 Å². The fraction of sp³-hybridized carbons (Fsp3) is 0.471. The first-order valence-corrected chi connectivity index (χ1v) is 9.08. The van der Waals surface area contributed by atoms with Gasteiger partial charge < -0.3 is 14.4 Å². The molecule has 1 amide bonds. The second kappa shape index (κ2) is 6.96. The van der Waals surface area contributed by atoms with Crippen LogP contribution in [0.25, 0.3) is 0 Å². The number of carbonyl (C=O) groups excluding carboxylic acids is 1. The first-order chi connectivity index (χ1) is 11.8. The van der Waals surface area contributed by atoms with E-state index in [0.29, 0.717) is 25.5 Å². The van der Waals surface area contributed by atoms with Gasteiger partial charge >= 0.3 is 0 Å². The molecule has 0 N–H and O–H groups in total. The average Bonchev–Trinajstić information content (AvgIpc) is 3.30. The quantitative estimate of drug-likeness (QED) is 0.849. The van der Waals surface area contributed by atoms with Gasteiger partial charge in [-0.3, -0.25) is 9.78 Å². The monoisotopic (exact) mass is 345 g/mol. The van der Waals surface area contributed by atoms with Gasteiger partial charge in [0.15, 0.2) is 0 Å². The second-order valence-electron chi connectivity index (χ2n) is 6.06. The summed E-state index contributed by atoms with van der Waals surface area (Å²) in [5.41, 5.74) is 3.27. The van der Waals surface area contributed by atoms with Crippen molar-refractivity contribution in [2.45, 2.75) is 37.7 Å². The van der Waals surface area contributed by atoms with Gasteiger partial charge in [0.1, 0.15) is 11.8 Å². The Morgan fingerprint density at radius 1 is 1.46 bits per heavy atom. The largest absolute Gasteiger partial charge is 0.372 e. The molecule has 6 nitrogen and oxygen atoms in total. The molecule has 0 bridgehead atoms. The van der Waals surface area contributed by atoms with Crippen LogP contribution in [0, 0.1) is 0 Å². The normalized spacial score (nSPS) is 26.3. The smallest absolute Gasteiger partial charge is 0.273 e. The van der Waals surface area contributed by atoms with Crippen molar-refractivity contribution < 1.29 is 14.3 Å². The minimum atomic E-state index is -0.0574. The van der Waals surface area contributed by atoms with Gasteiger partial charge in [0.05, 0.1) is 30.9 Å². The molecule has 1 saturated carbocycles. The molecule has 3 atom stereocenters. The third-order valence-corrected chi connectivity index (χ3v) is 5.22. The van der Waals surface area contributed by atoms with Crippen LogP contribution in [0.1, 0.15) is 28.9 Å². The molecule has 1 aliphatic heterocycles. The molecule has 2 fully saturated rings. The summed E-state index contributed by atoms with van der Waals surface area (Å²) in [4.78, 5) is 22.8. The minimum Gasteiger partial charge on any atom is -0.372 e. The average molecular weight is 345 g/mol. The highest BCUT2D eigenvalue weighted by atomic mass is 32.1. The van der Waals surface area contributed by atoms with Crippen molar-refractivity contribution >= 4 is 17.2 Å². The third-order valence-electron chi connectivity index (χ3n) is 4.63. The molecule has 24 heavy (non-hydrogen) atoms. The molecule has 2 aromatic rings. The zero-order valence-corrected chi connectivity index (χ0v) is 14.0. The number of hydrogen-bond acceptors (Lipinski definition) is 6. The Labute approximate surface area is 144 Å². The van der Waals surface area contributed by atoms with E-state index in [1.807, 2.05) is 23.2 Å². The summed E-state index contributed by atoms with van der Waals surface area (Å²) in [5.74, 6) is 0.00228. The fourth-order valence-electron chi connectivity index (χ4n) is 3.50. The van der Waals surface area contributed by atoms with Crippen LogP contribution in [0.4, 0.5) is 0 Å². The predicted molar refractivity (Wildman–Crippen MR) is 88.7 cm³/mol. The third kappa shape index (κ3) is 3.07. The van der Waals surface area contributed by atoms with E-state index in [1.54, 1.807) is 17.1 Å². The van der Waals surface area contributed by atoms with Crippen LogP contribution in [0.2, 0.25) is 0 Å². The maximum atomic E-state index is 12.7. The summed E-state index contributed by atoms with van der Waals surface area (Å²) < 4.78 is 12.0. The lowest BCUT2D eigenvalue weighted by molar-refractivity contribution is -0.108. The minimum absolute atomic E-state index is 0.00228. The van der Waals surface area contributed by atoms with Crippen LogP contribution in [0.15, 0.2) is 35.4 Å². The molecule has 126 valence electrons. The van der Waals surface area contributed by atoms with Gasteiger partial charge in [-0.25, -0.2) is 4.98 Å². The first-order valence-electron chi connectivity index (χ1n) is 8.14. The fourth-order valence-corrected chi connectivity index (χ4v) is 4.02. The maximum absolute atomic E-state index is 12.7. The lowest BCUT2D eigenvalue weighted by atomic mass is 10.1. The summed E-state index contributed by atoms with van der Waals surface area (Å²) in [5, 5.41) is 1.80. The second-order valence-corrected chi connectivity index (χ2v) is 6.78. The molecule has 0 radical (unpaired) electrons. The van der Waals surface area contributed by atoms with Crippen LogP contribution in [-0.2, 0) is 16.1 Å². The molecule has 2 aromatic heterocycles. The summed E-state index contributed by atoms with van der Waals surface area (Å²) in [6.45, 7) is 1.68.